The molecule has 0 radical (unpaired) electrons. The Morgan fingerprint density at radius 3 is 2.67 bits per heavy atom. The van der Waals surface area contributed by atoms with Gasteiger partial charge in [0.1, 0.15) is 4.32 Å². The zero-order chi connectivity index (χ0) is 16.6. The molecule has 3 rings (SSSR count). The van der Waals surface area contributed by atoms with Crippen LogP contribution in [0, 0.1) is 0 Å². The summed E-state index contributed by atoms with van der Waals surface area (Å²) in [6, 6.07) is 9.96. The number of tetrazole rings is 1. The maximum absolute atomic E-state index is 5.47. The second-order valence-electron chi connectivity index (χ2n) is 5.94. The van der Waals surface area contributed by atoms with Crippen LogP contribution in [0.4, 0.5) is 0 Å². The summed E-state index contributed by atoms with van der Waals surface area (Å²) in [7, 11) is 0. The molecule has 0 saturated carbocycles. The predicted molar refractivity (Wildman–Crippen MR) is 103 cm³/mol. The van der Waals surface area contributed by atoms with Crippen LogP contribution in [0.2, 0.25) is 0 Å². The van der Waals surface area contributed by atoms with Crippen molar-refractivity contribution in [3.05, 3.63) is 30.3 Å². The summed E-state index contributed by atoms with van der Waals surface area (Å²) in [6.45, 7) is 3.11. The number of thioether (sulfide) groups is 1. The fourth-order valence-electron chi connectivity index (χ4n) is 2.72. The van der Waals surface area contributed by atoms with Gasteiger partial charge in [0.25, 0.3) is 0 Å². The molecule has 1 aliphatic rings. The van der Waals surface area contributed by atoms with Gasteiger partial charge in [0.05, 0.1) is 6.54 Å². The summed E-state index contributed by atoms with van der Waals surface area (Å²) in [6.07, 6.45) is 5.99. The Morgan fingerprint density at radius 2 is 1.88 bits per heavy atom. The first-order valence-corrected chi connectivity index (χ1v) is 9.97. The second kappa shape index (κ2) is 9.13. The average Bonchev–Trinajstić information content (AvgIpc) is 3.30. The van der Waals surface area contributed by atoms with Crippen LogP contribution < -0.4 is 0 Å². The van der Waals surface area contributed by atoms with Crippen molar-refractivity contribution in [2.75, 3.05) is 18.8 Å². The van der Waals surface area contributed by atoms with Gasteiger partial charge in [-0.25, -0.2) is 0 Å². The summed E-state index contributed by atoms with van der Waals surface area (Å²) in [4.78, 5) is 4.04. The molecule has 128 valence electrons. The molecule has 1 aromatic heterocycles. The van der Waals surface area contributed by atoms with Crippen molar-refractivity contribution in [3.63, 3.8) is 0 Å². The third-order valence-electron chi connectivity index (χ3n) is 4.08. The number of hydrogen-bond acceptors (Lipinski definition) is 5. The first-order valence-electron chi connectivity index (χ1n) is 8.58. The average molecular weight is 362 g/mol. The second-order valence-corrected chi connectivity index (χ2v) is 7.67. The fraction of sp³-hybridized carbons (Fsp3) is 0.529. The molecule has 24 heavy (non-hydrogen) atoms. The summed E-state index contributed by atoms with van der Waals surface area (Å²) < 4.78 is 1.08. The Kier molecular flexibility index (Phi) is 6.60. The number of unbranched alkanes of at least 4 members (excludes halogenated alkanes) is 2. The lowest BCUT2D eigenvalue weighted by molar-refractivity contribution is 0.487. The summed E-state index contributed by atoms with van der Waals surface area (Å²) in [5.41, 5.74) is 1.01. The number of benzene rings is 1. The Balaban J connectivity index is 1.31. The van der Waals surface area contributed by atoms with E-state index in [9.17, 15) is 0 Å². The molecule has 0 N–H and O–H groups in total. The number of aromatic nitrogens is 4. The quantitative estimate of drug-likeness (QED) is 0.554. The molecule has 5 nitrogen and oxygen atoms in total. The van der Waals surface area contributed by atoms with E-state index in [-0.39, 0.29) is 0 Å². The number of hydrogen-bond donors (Lipinski definition) is 0. The Labute approximate surface area is 152 Å². The fourth-order valence-corrected chi connectivity index (χ4v) is 4.04. The molecule has 1 fully saturated rings. The molecule has 0 spiro atoms. The van der Waals surface area contributed by atoms with E-state index in [0.717, 1.165) is 48.1 Å². The van der Waals surface area contributed by atoms with Gasteiger partial charge in [-0.1, -0.05) is 60.7 Å². The topological polar surface area (TPSA) is 46.8 Å². The van der Waals surface area contributed by atoms with Crippen molar-refractivity contribution >= 4 is 28.3 Å². The Morgan fingerprint density at radius 1 is 1.08 bits per heavy atom. The largest absolute Gasteiger partial charge is 0.358 e. The molecule has 0 amide bonds. The Bertz CT molecular complexity index is 637. The van der Waals surface area contributed by atoms with Gasteiger partial charge in [0.15, 0.2) is 0 Å². The molecule has 1 saturated heterocycles. The van der Waals surface area contributed by atoms with Crippen LogP contribution in [0.3, 0.4) is 0 Å². The van der Waals surface area contributed by atoms with E-state index in [4.69, 9.17) is 12.2 Å². The first kappa shape index (κ1) is 17.4. The highest BCUT2D eigenvalue weighted by Crippen LogP contribution is 2.17. The van der Waals surface area contributed by atoms with Crippen molar-refractivity contribution in [2.45, 2.75) is 38.6 Å². The van der Waals surface area contributed by atoms with E-state index in [1.165, 1.54) is 19.3 Å². The van der Waals surface area contributed by atoms with Crippen molar-refractivity contribution in [1.29, 1.82) is 0 Å². The minimum atomic E-state index is 0.696. The minimum absolute atomic E-state index is 0.696. The van der Waals surface area contributed by atoms with Gasteiger partial charge in [-0.2, -0.15) is 4.80 Å². The molecule has 0 aliphatic carbocycles. The van der Waals surface area contributed by atoms with Crippen molar-refractivity contribution in [1.82, 2.24) is 25.1 Å². The van der Waals surface area contributed by atoms with E-state index < -0.39 is 0 Å². The molecular weight excluding hydrogens is 338 g/mol. The normalized spacial score (nSPS) is 14.2. The van der Waals surface area contributed by atoms with Crippen molar-refractivity contribution < 1.29 is 0 Å². The number of aryl methyl sites for hydroxylation is 1. The van der Waals surface area contributed by atoms with Crippen LogP contribution in [0.15, 0.2) is 30.3 Å². The molecule has 2 heterocycles. The number of rotatable bonds is 7. The number of thiocarbonyl (C=S) groups is 1. The number of likely N-dealkylation sites (tertiary alicyclic amines) is 1. The monoisotopic (exact) mass is 361 g/mol. The van der Waals surface area contributed by atoms with E-state index in [1.807, 2.05) is 42.1 Å². The Hall–Kier alpha value is -1.47. The standard InChI is InChI=1S/C17H23N5S2/c23-17(21-11-6-7-12-21)24-14-8-2-5-13-22-19-16(18-20-22)15-9-3-1-4-10-15/h1,3-4,9-10H,2,5-8,11-14H2. The molecular formula is C17H23N5S2. The highest BCUT2D eigenvalue weighted by molar-refractivity contribution is 8.22. The van der Waals surface area contributed by atoms with Crippen LogP contribution in [0.1, 0.15) is 32.1 Å². The highest BCUT2D eigenvalue weighted by atomic mass is 32.2. The number of nitrogens with zero attached hydrogens (tertiary/aromatic N) is 5. The van der Waals surface area contributed by atoms with Gasteiger partial charge >= 0.3 is 0 Å². The van der Waals surface area contributed by atoms with Gasteiger partial charge in [-0.15, -0.1) is 10.2 Å². The third-order valence-corrected chi connectivity index (χ3v) is 5.69. The van der Waals surface area contributed by atoms with Gasteiger partial charge in [-0.05, 0) is 30.9 Å². The van der Waals surface area contributed by atoms with E-state index in [0.29, 0.717) is 5.82 Å². The smallest absolute Gasteiger partial charge is 0.204 e. The molecule has 7 heteroatoms. The zero-order valence-corrected chi connectivity index (χ0v) is 15.4. The summed E-state index contributed by atoms with van der Waals surface area (Å²) in [5, 5.41) is 12.7. The lowest BCUT2D eigenvalue weighted by atomic mass is 10.2. The van der Waals surface area contributed by atoms with Crippen molar-refractivity contribution in [3.8, 4) is 11.4 Å². The molecule has 2 aromatic rings. The van der Waals surface area contributed by atoms with Crippen LogP contribution in [0.25, 0.3) is 11.4 Å². The molecule has 1 aromatic carbocycles. The van der Waals surface area contributed by atoms with Crippen LogP contribution in [0.5, 0.6) is 0 Å². The molecule has 0 unspecified atom stereocenters. The lowest BCUT2D eigenvalue weighted by Crippen LogP contribution is -2.23. The van der Waals surface area contributed by atoms with Crippen molar-refractivity contribution in [2.24, 2.45) is 0 Å². The zero-order valence-electron chi connectivity index (χ0n) is 13.8. The summed E-state index contributed by atoms with van der Waals surface area (Å²) >= 11 is 7.30. The van der Waals surface area contributed by atoms with Gasteiger partial charge in [0, 0.05) is 24.4 Å². The third kappa shape index (κ3) is 5.01. The predicted octanol–water partition coefficient (Wildman–Crippen LogP) is 3.62. The highest BCUT2D eigenvalue weighted by Gasteiger charge is 2.14. The van der Waals surface area contributed by atoms with E-state index in [1.54, 1.807) is 4.80 Å². The van der Waals surface area contributed by atoms with E-state index in [2.05, 4.69) is 20.3 Å². The van der Waals surface area contributed by atoms with Gasteiger partial charge in [0.2, 0.25) is 5.82 Å². The lowest BCUT2D eigenvalue weighted by Gasteiger charge is -2.17. The van der Waals surface area contributed by atoms with Crippen LogP contribution in [-0.2, 0) is 6.54 Å². The van der Waals surface area contributed by atoms with Crippen LogP contribution in [-0.4, -0.2) is 48.3 Å². The van der Waals surface area contributed by atoms with E-state index >= 15 is 0 Å². The minimum Gasteiger partial charge on any atom is -0.358 e. The van der Waals surface area contributed by atoms with Crippen LogP contribution >= 0.6 is 24.0 Å². The maximum Gasteiger partial charge on any atom is 0.204 e. The maximum atomic E-state index is 5.47. The van der Waals surface area contributed by atoms with Gasteiger partial charge in [-0.3, -0.25) is 0 Å². The SMILES string of the molecule is S=C(SCCCCCn1nnc(-c2ccccc2)n1)N1CCCC1. The van der Waals surface area contributed by atoms with Gasteiger partial charge < -0.3 is 4.90 Å². The first-order chi connectivity index (χ1) is 11.8. The molecule has 1 aliphatic heterocycles. The molecule has 0 atom stereocenters. The summed E-state index contributed by atoms with van der Waals surface area (Å²) in [5.74, 6) is 1.80. The molecule has 0 bridgehead atoms.